The second kappa shape index (κ2) is 6.53. The summed E-state index contributed by atoms with van der Waals surface area (Å²) >= 11 is 7.64. The maximum Gasteiger partial charge on any atom is 0.231 e. The van der Waals surface area contributed by atoms with Crippen molar-refractivity contribution in [3.8, 4) is 0 Å². The van der Waals surface area contributed by atoms with Gasteiger partial charge in [0.05, 0.1) is 17.2 Å². The van der Waals surface area contributed by atoms with Crippen LogP contribution < -0.4 is 10.2 Å². The lowest BCUT2D eigenvalue weighted by molar-refractivity contribution is 0.567. The molecule has 0 amide bonds. The number of thiazole rings is 1. The average Bonchev–Trinajstić information content (AvgIpc) is 2.91. The number of aromatic nitrogens is 4. The molecule has 0 aliphatic carbocycles. The van der Waals surface area contributed by atoms with E-state index >= 15 is 0 Å². The molecule has 3 rings (SSSR count). The van der Waals surface area contributed by atoms with Gasteiger partial charge in [-0.2, -0.15) is 15.0 Å². The number of aryl methyl sites for hydroxylation is 1. The minimum atomic E-state index is 0.225. The molecule has 1 aliphatic rings. The zero-order valence-electron chi connectivity index (χ0n) is 11.8. The van der Waals surface area contributed by atoms with Crippen molar-refractivity contribution in [2.75, 3.05) is 23.3 Å². The first-order valence-corrected chi connectivity index (χ1v) is 8.28. The standard InChI is InChI=1S/C13H17ClN6S/c1-9-16-10(8-21-9)7-15-12-17-11(14)18-13(19-12)20-5-3-2-4-6-20/h8H,2-7H2,1H3,(H,15,17,18,19). The van der Waals surface area contributed by atoms with E-state index in [1.165, 1.54) is 19.3 Å². The van der Waals surface area contributed by atoms with E-state index in [2.05, 4.69) is 30.2 Å². The van der Waals surface area contributed by atoms with Gasteiger partial charge in [0.1, 0.15) is 0 Å². The van der Waals surface area contributed by atoms with Crippen molar-refractivity contribution in [1.29, 1.82) is 0 Å². The molecule has 2 aromatic heterocycles. The average molecular weight is 325 g/mol. The van der Waals surface area contributed by atoms with Crippen molar-refractivity contribution in [3.05, 3.63) is 21.4 Å². The van der Waals surface area contributed by atoms with Crippen LogP contribution in [-0.2, 0) is 6.54 Å². The van der Waals surface area contributed by atoms with Gasteiger partial charge >= 0.3 is 0 Å². The van der Waals surface area contributed by atoms with Crippen molar-refractivity contribution in [2.24, 2.45) is 0 Å². The molecule has 1 saturated heterocycles. The Kier molecular flexibility index (Phi) is 4.50. The maximum absolute atomic E-state index is 6.01. The summed E-state index contributed by atoms with van der Waals surface area (Å²) in [6, 6.07) is 0. The Morgan fingerprint density at radius 1 is 1.19 bits per heavy atom. The summed E-state index contributed by atoms with van der Waals surface area (Å²) in [5, 5.41) is 6.46. The lowest BCUT2D eigenvalue weighted by atomic mass is 10.1. The zero-order chi connectivity index (χ0) is 14.7. The largest absolute Gasteiger partial charge is 0.348 e. The molecule has 112 valence electrons. The van der Waals surface area contributed by atoms with Crippen molar-refractivity contribution in [1.82, 2.24) is 19.9 Å². The van der Waals surface area contributed by atoms with Crippen LogP contribution in [0.1, 0.15) is 30.0 Å². The van der Waals surface area contributed by atoms with E-state index in [0.717, 1.165) is 23.8 Å². The zero-order valence-corrected chi connectivity index (χ0v) is 13.4. The van der Waals surface area contributed by atoms with Gasteiger partial charge in [-0.05, 0) is 37.8 Å². The molecule has 1 fully saturated rings. The van der Waals surface area contributed by atoms with Gasteiger partial charge in [0.15, 0.2) is 0 Å². The van der Waals surface area contributed by atoms with Crippen LogP contribution in [0.4, 0.5) is 11.9 Å². The molecule has 0 unspecified atom stereocenters. The third-order valence-electron chi connectivity index (χ3n) is 3.33. The minimum Gasteiger partial charge on any atom is -0.348 e. The summed E-state index contributed by atoms with van der Waals surface area (Å²) in [6.45, 7) is 4.53. The molecular weight excluding hydrogens is 308 g/mol. The molecule has 0 saturated carbocycles. The fourth-order valence-electron chi connectivity index (χ4n) is 2.31. The predicted molar refractivity (Wildman–Crippen MR) is 85.1 cm³/mol. The molecule has 3 heterocycles. The number of halogens is 1. The van der Waals surface area contributed by atoms with Crippen LogP contribution in [0.2, 0.25) is 5.28 Å². The summed E-state index contributed by atoms with van der Waals surface area (Å²) in [7, 11) is 0. The number of hydrogen-bond donors (Lipinski definition) is 1. The quantitative estimate of drug-likeness (QED) is 0.932. The van der Waals surface area contributed by atoms with Gasteiger partial charge in [-0.25, -0.2) is 4.98 Å². The Balaban J connectivity index is 1.71. The molecule has 0 atom stereocenters. The number of rotatable bonds is 4. The Bertz CT molecular complexity index is 610. The molecule has 1 aliphatic heterocycles. The smallest absolute Gasteiger partial charge is 0.231 e. The molecule has 21 heavy (non-hydrogen) atoms. The van der Waals surface area contributed by atoms with Crippen LogP contribution in [0.25, 0.3) is 0 Å². The predicted octanol–water partition coefficient (Wildman–Crippen LogP) is 2.89. The Labute approximate surface area is 132 Å². The highest BCUT2D eigenvalue weighted by Gasteiger charge is 2.15. The van der Waals surface area contributed by atoms with E-state index in [-0.39, 0.29) is 5.28 Å². The molecule has 0 radical (unpaired) electrons. The molecule has 1 N–H and O–H groups in total. The van der Waals surface area contributed by atoms with Gasteiger partial charge in [0.25, 0.3) is 0 Å². The van der Waals surface area contributed by atoms with Gasteiger partial charge in [-0.3, -0.25) is 0 Å². The highest BCUT2D eigenvalue weighted by molar-refractivity contribution is 7.09. The van der Waals surface area contributed by atoms with Gasteiger partial charge in [0.2, 0.25) is 17.2 Å². The summed E-state index contributed by atoms with van der Waals surface area (Å²) in [4.78, 5) is 19.4. The third kappa shape index (κ3) is 3.79. The van der Waals surface area contributed by atoms with E-state index in [0.29, 0.717) is 18.4 Å². The van der Waals surface area contributed by atoms with E-state index in [9.17, 15) is 0 Å². The van der Waals surface area contributed by atoms with Crippen LogP contribution in [-0.4, -0.2) is 33.0 Å². The maximum atomic E-state index is 6.01. The van der Waals surface area contributed by atoms with E-state index < -0.39 is 0 Å². The van der Waals surface area contributed by atoms with Crippen molar-refractivity contribution < 1.29 is 0 Å². The Morgan fingerprint density at radius 3 is 2.71 bits per heavy atom. The molecule has 8 heteroatoms. The highest BCUT2D eigenvalue weighted by atomic mass is 35.5. The summed E-state index contributed by atoms with van der Waals surface area (Å²) in [5.41, 5.74) is 0.980. The van der Waals surface area contributed by atoms with Gasteiger partial charge < -0.3 is 10.2 Å². The van der Waals surface area contributed by atoms with E-state index in [1.54, 1.807) is 11.3 Å². The summed E-state index contributed by atoms with van der Waals surface area (Å²) in [6.07, 6.45) is 3.61. The van der Waals surface area contributed by atoms with E-state index in [1.807, 2.05) is 12.3 Å². The molecule has 0 bridgehead atoms. The molecule has 0 aromatic carbocycles. The van der Waals surface area contributed by atoms with E-state index in [4.69, 9.17) is 11.6 Å². The SMILES string of the molecule is Cc1nc(CNc2nc(Cl)nc(N3CCCCC3)n2)cs1. The van der Waals surface area contributed by atoms with Gasteiger partial charge in [-0.15, -0.1) is 11.3 Å². The van der Waals surface area contributed by atoms with Crippen LogP contribution in [0.15, 0.2) is 5.38 Å². The lowest BCUT2D eigenvalue weighted by Gasteiger charge is -2.26. The fourth-order valence-corrected chi connectivity index (χ4v) is 3.08. The molecular formula is C13H17ClN6S. The van der Waals surface area contributed by atoms with Crippen molar-refractivity contribution in [3.63, 3.8) is 0 Å². The molecule has 0 spiro atoms. The highest BCUT2D eigenvalue weighted by Crippen LogP contribution is 2.19. The Morgan fingerprint density at radius 2 is 2.00 bits per heavy atom. The molecule has 2 aromatic rings. The first-order chi connectivity index (χ1) is 10.2. The number of anilines is 2. The van der Waals surface area contributed by atoms with Crippen molar-refractivity contribution in [2.45, 2.75) is 32.7 Å². The first kappa shape index (κ1) is 14.5. The number of nitrogens with one attached hydrogen (secondary N) is 1. The number of hydrogen-bond acceptors (Lipinski definition) is 7. The minimum absolute atomic E-state index is 0.225. The van der Waals surface area contributed by atoms with Crippen LogP contribution in [0.3, 0.4) is 0 Å². The number of piperidine rings is 1. The second-order valence-electron chi connectivity index (χ2n) is 4.99. The van der Waals surface area contributed by atoms with Crippen LogP contribution in [0, 0.1) is 6.92 Å². The number of nitrogens with zero attached hydrogens (tertiary/aromatic N) is 5. The van der Waals surface area contributed by atoms with Crippen molar-refractivity contribution >= 4 is 34.8 Å². The first-order valence-electron chi connectivity index (χ1n) is 7.02. The van der Waals surface area contributed by atoms with Crippen LogP contribution in [0.5, 0.6) is 0 Å². The normalized spacial score (nSPS) is 15.2. The summed E-state index contributed by atoms with van der Waals surface area (Å²) in [5.74, 6) is 1.16. The van der Waals surface area contributed by atoms with Gasteiger partial charge in [0, 0.05) is 18.5 Å². The molecule has 6 nitrogen and oxygen atoms in total. The second-order valence-corrected chi connectivity index (χ2v) is 6.39. The summed E-state index contributed by atoms with van der Waals surface area (Å²) < 4.78 is 0. The lowest BCUT2D eigenvalue weighted by Crippen LogP contribution is -2.31. The fraction of sp³-hybridized carbons (Fsp3) is 0.538. The Hall–Kier alpha value is -1.47. The monoisotopic (exact) mass is 324 g/mol. The third-order valence-corrected chi connectivity index (χ3v) is 4.32. The van der Waals surface area contributed by atoms with Gasteiger partial charge in [-0.1, -0.05) is 0 Å². The topological polar surface area (TPSA) is 66.8 Å². The van der Waals surface area contributed by atoms with Crippen LogP contribution >= 0.6 is 22.9 Å².